The number of para-hydroxylation sites is 1. The standard InChI is InChI=1S/C17H18ClN3O.HI/c18-13-7-5-12(6-8-13)11-20-17(19)21-15-9-10-22-16-4-2-1-3-14(15)16;/h1-8,15H,9-11H2,(H3,19,20,21);1H. The molecule has 0 bridgehead atoms. The maximum Gasteiger partial charge on any atom is 0.189 e. The SMILES string of the molecule is I.NC(=NCc1ccc(Cl)cc1)NC1CCOc2ccccc21. The molecule has 3 N–H and O–H groups in total. The van der Waals surface area contributed by atoms with Gasteiger partial charge in [-0.2, -0.15) is 0 Å². The molecular formula is C17H19ClIN3O. The predicted molar refractivity (Wildman–Crippen MR) is 105 cm³/mol. The van der Waals surface area contributed by atoms with Crippen molar-refractivity contribution in [1.82, 2.24) is 5.32 Å². The zero-order valence-corrected chi connectivity index (χ0v) is 15.6. The van der Waals surface area contributed by atoms with Crippen LogP contribution in [-0.4, -0.2) is 12.6 Å². The first kappa shape index (κ1) is 17.9. The van der Waals surface area contributed by atoms with Gasteiger partial charge in [-0.25, -0.2) is 4.99 Å². The van der Waals surface area contributed by atoms with Crippen molar-refractivity contribution in [2.24, 2.45) is 10.7 Å². The van der Waals surface area contributed by atoms with E-state index in [0.29, 0.717) is 19.1 Å². The number of ether oxygens (including phenoxy) is 1. The summed E-state index contributed by atoms with van der Waals surface area (Å²) in [5.41, 5.74) is 8.21. The molecular weight excluding hydrogens is 425 g/mol. The van der Waals surface area contributed by atoms with Gasteiger partial charge in [0.1, 0.15) is 5.75 Å². The van der Waals surface area contributed by atoms with E-state index in [4.69, 9.17) is 22.1 Å². The van der Waals surface area contributed by atoms with Crippen molar-refractivity contribution in [2.45, 2.75) is 19.0 Å². The van der Waals surface area contributed by atoms with Gasteiger partial charge in [0.25, 0.3) is 0 Å². The smallest absolute Gasteiger partial charge is 0.189 e. The molecule has 0 saturated carbocycles. The molecule has 122 valence electrons. The van der Waals surface area contributed by atoms with E-state index in [9.17, 15) is 0 Å². The van der Waals surface area contributed by atoms with Crippen molar-refractivity contribution < 1.29 is 4.74 Å². The number of rotatable bonds is 3. The summed E-state index contributed by atoms with van der Waals surface area (Å²) in [5, 5.41) is 4.00. The maximum absolute atomic E-state index is 6.01. The van der Waals surface area contributed by atoms with E-state index in [1.165, 1.54) is 0 Å². The minimum atomic E-state index is 0. The number of hydrogen-bond donors (Lipinski definition) is 2. The number of fused-ring (bicyclic) bond motifs is 1. The number of nitrogens with zero attached hydrogens (tertiary/aromatic N) is 1. The highest BCUT2D eigenvalue weighted by Gasteiger charge is 2.21. The molecule has 0 aromatic heterocycles. The average Bonchev–Trinajstić information content (AvgIpc) is 2.55. The molecule has 0 aliphatic carbocycles. The maximum atomic E-state index is 6.01. The van der Waals surface area contributed by atoms with Crippen molar-refractivity contribution in [2.75, 3.05) is 6.61 Å². The monoisotopic (exact) mass is 443 g/mol. The summed E-state index contributed by atoms with van der Waals surface area (Å²) >= 11 is 5.87. The van der Waals surface area contributed by atoms with Gasteiger partial charge in [0.15, 0.2) is 5.96 Å². The third kappa shape index (κ3) is 4.75. The molecule has 0 saturated heterocycles. The molecule has 2 aromatic carbocycles. The third-order valence-electron chi connectivity index (χ3n) is 3.63. The zero-order valence-electron chi connectivity index (χ0n) is 12.5. The van der Waals surface area contributed by atoms with E-state index in [1.54, 1.807) is 0 Å². The van der Waals surface area contributed by atoms with Gasteiger partial charge in [-0.15, -0.1) is 24.0 Å². The number of halogens is 2. The van der Waals surface area contributed by atoms with E-state index < -0.39 is 0 Å². The Balaban J connectivity index is 0.00000192. The molecule has 3 rings (SSSR count). The van der Waals surface area contributed by atoms with Gasteiger partial charge in [0, 0.05) is 17.0 Å². The predicted octanol–water partition coefficient (Wildman–Crippen LogP) is 3.89. The van der Waals surface area contributed by atoms with Crippen LogP contribution in [0, 0.1) is 0 Å². The number of benzene rings is 2. The molecule has 0 amide bonds. The normalized spacial score (nSPS) is 16.7. The summed E-state index contributed by atoms with van der Waals surface area (Å²) < 4.78 is 5.64. The highest BCUT2D eigenvalue weighted by atomic mass is 127. The van der Waals surface area contributed by atoms with Gasteiger partial charge in [-0.05, 0) is 23.8 Å². The van der Waals surface area contributed by atoms with Gasteiger partial charge in [-0.1, -0.05) is 41.9 Å². The summed E-state index contributed by atoms with van der Waals surface area (Å²) in [4.78, 5) is 4.39. The fourth-order valence-corrected chi connectivity index (χ4v) is 2.61. The minimum absolute atomic E-state index is 0. The molecule has 1 unspecified atom stereocenters. The first-order valence-electron chi connectivity index (χ1n) is 7.25. The van der Waals surface area contributed by atoms with Crippen molar-refractivity contribution in [1.29, 1.82) is 0 Å². The topological polar surface area (TPSA) is 59.6 Å². The van der Waals surface area contributed by atoms with Crippen LogP contribution in [0.15, 0.2) is 53.5 Å². The second-order valence-corrected chi connectivity index (χ2v) is 5.64. The lowest BCUT2D eigenvalue weighted by Crippen LogP contribution is -2.37. The molecule has 6 heteroatoms. The Hall–Kier alpha value is -1.47. The average molecular weight is 444 g/mol. The quantitative estimate of drug-likeness (QED) is 0.430. The van der Waals surface area contributed by atoms with E-state index in [2.05, 4.69) is 16.4 Å². The van der Waals surface area contributed by atoms with Crippen LogP contribution in [0.4, 0.5) is 0 Å². The number of nitrogens with two attached hydrogens (primary N) is 1. The molecule has 1 aliphatic rings. The Morgan fingerprint density at radius 2 is 1.96 bits per heavy atom. The molecule has 2 aromatic rings. The summed E-state index contributed by atoms with van der Waals surface area (Å²) in [7, 11) is 0. The first-order chi connectivity index (χ1) is 10.7. The second-order valence-electron chi connectivity index (χ2n) is 5.20. The third-order valence-corrected chi connectivity index (χ3v) is 3.88. The van der Waals surface area contributed by atoms with Crippen LogP contribution < -0.4 is 15.8 Å². The Kier molecular flexibility index (Phi) is 6.53. The fraction of sp³-hybridized carbons (Fsp3) is 0.235. The van der Waals surface area contributed by atoms with Crippen LogP contribution in [-0.2, 0) is 6.54 Å². The fourth-order valence-electron chi connectivity index (χ4n) is 2.48. The van der Waals surface area contributed by atoms with Crippen molar-refractivity contribution in [3.8, 4) is 5.75 Å². The van der Waals surface area contributed by atoms with Crippen molar-refractivity contribution in [3.05, 3.63) is 64.7 Å². The van der Waals surface area contributed by atoms with Crippen LogP contribution >= 0.6 is 35.6 Å². The van der Waals surface area contributed by atoms with Crippen LogP contribution in [0.5, 0.6) is 5.75 Å². The van der Waals surface area contributed by atoms with E-state index in [1.807, 2.05) is 42.5 Å². The Labute approximate surface area is 158 Å². The van der Waals surface area contributed by atoms with Gasteiger partial charge < -0.3 is 15.8 Å². The van der Waals surface area contributed by atoms with Crippen LogP contribution in [0.25, 0.3) is 0 Å². The molecule has 4 nitrogen and oxygen atoms in total. The van der Waals surface area contributed by atoms with Crippen molar-refractivity contribution >= 4 is 41.5 Å². The number of guanidine groups is 1. The summed E-state index contributed by atoms with van der Waals surface area (Å²) in [5.74, 6) is 1.36. The minimum Gasteiger partial charge on any atom is -0.493 e. The molecule has 0 spiro atoms. The molecule has 0 fully saturated rings. The Morgan fingerprint density at radius 1 is 1.22 bits per heavy atom. The van der Waals surface area contributed by atoms with Gasteiger partial charge in [0.2, 0.25) is 0 Å². The van der Waals surface area contributed by atoms with Gasteiger partial charge in [0.05, 0.1) is 19.2 Å². The Morgan fingerprint density at radius 3 is 2.74 bits per heavy atom. The van der Waals surface area contributed by atoms with Gasteiger partial charge in [-0.3, -0.25) is 0 Å². The molecule has 23 heavy (non-hydrogen) atoms. The molecule has 1 aliphatic heterocycles. The van der Waals surface area contributed by atoms with Crippen molar-refractivity contribution in [3.63, 3.8) is 0 Å². The lowest BCUT2D eigenvalue weighted by Gasteiger charge is -2.26. The molecule has 1 atom stereocenters. The highest BCUT2D eigenvalue weighted by Crippen LogP contribution is 2.31. The largest absolute Gasteiger partial charge is 0.493 e. The zero-order chi connectivity index (χ0) is 15.4. The molecule has 1 heterocycles. The second kappa shape index (κ2) is 8.40. The molecule has 0 radical (unpaired) electrons. The van der Waals surface area contributed by atoms with E-state index >= 15 is 0 Å². The summed E-state index contributed by atoms with van der Waals surface area (Å²) in [6.07, 6.45) is 0.869. The number of aliphatic imine (C=N–C) groups is 1. The van der Waals surface area contributed by atoms with Crippen LogP contribution in [0.3, 0.4) is 0 Å². The van der Waals surface area contributed by atoms with Gasteiger partial charge >= 0.3 is 0 Å². The van der Waals surface area contributed by atoms with Crippen LogP contribution in [0.2, 0.25) is 5.02 Å². The number of nitrogens with one attached hydrogen (secondary N) is 1. The lowest BCUT2D eigenvalue weighted by atomic mass is 10.0. The van der Waals surface area contributed by atoms with E-state index in [-0.39, 0.29) is 30.0 Å². The summed E-state index contributed by atoms with van der Waals surface area (Å²) in [6, 6.07) is 15.7. The number of hydrogen-bond acceptors (Lipinski definition) is 2. The first-order valence-corrected chi connectivity index (χ1v) is 7.63. The Bertz CT molecular complexity index is 676. The van der Waals surface area contributed by atoms with Crippen LogP contribution in [0.1, 0.15) is 23.6 Å². The highest BCUT2D eigenvalue weighted by molar-refractivity contribution is 14.0. The van der Waals surface area contributed by atoms with E-state index in [0.717, 1.165) is 28.3 Å². The summed E-state index contributed by atoms with van der Waals surface area (Å²) in [6.45, 7) is 1.21. The lowest BCUT2D eigenvalue weighted by molar-refractivity contribution is 0.262.